The number of halogens is 1. The molecule has 1 aromatic carbocycles. The second-order valence-corrected chi connectivity index (χ2v) is 4.04. The van der Waals surface area contributed by atoms with Crippen LogP contribution in [-0.4, -0.2) is 19.8 Å². The fraction of sp³-hybridized carbons (Fsp3) is 0.500. The molecule has 0 unspecified atom stereocenters. The van der Waals surface area contributed by atoms with Crippen molar-refractivity contribution in [3.8, 4) is 0 Å². The van der Waals surface area contributed by atoms with Gasteiger partial charge in [-0.1, -0.05) is 25.0 Å². The van der Waals surface area contributed by atoms with Crippen molar-refractivity contribution < 1.29 is 13.9 Å². The summed E-state index contributed by atoms with van der Waals surface area (Å²) in [4.78, 5) is 11.2. The minimum Gasteiger partial charge on any atom is -0.465 e. The summed E-state index contributed by atoms with van der Waals surface area (Å²) >= 11 is 0. The van der Waals surface area contributed by atoms with Crippen LogP contribution in [0.25, 0.3) is 0 Å². The molecule has 0 spiro atoms. The predicted molar refractivity (Wildman–Crippen MR) is 65.9 cm³/mol. The average Bonchev–Trinajstić information content (AvgIpc) is 2.38. The fourth-order valence-corrected chi connectivity index (χ4v) is 1.70. The molecule has 0 heterocycles. The van der Waals surface area contributed by atoms with Gasteiger partial charge in [0.1, 0.15) is 0 Å². The zero-order valence-electron chi connectivity index (χ0n) is 10.2. The highest BCUT2D eigenvalue weighted by molar-refractivity contribution is 5.89. The lowest BCUT2D eigenvalue weighted by Crippen LogP contribution is -2.00. The maximum atomic E-state index is 11.9. The van der Waals surface area contributed by atoms with Crippen LogP contribution in [0, 0.1) is 0 Å². The largest absolute Gasteiger partial charge is 0.465 e. The van der Waals surface area contributed by atoms with Crippen LogP contribution in [0.1, 0.15) is 41.6 Å². The Morgan fingerprint density at radius 2 is 1.76 bits per heavy atom. The predicted octanol–water partition coefficient (Wildman–Crippen LogP) is 3.55. The lowest BCUT2D eigenvalue weighted by Gasteiger charge is -2.03. The van der Waals surface area contributed by atoms with Gasteiger partial charge in [0.25, 0.3) is 0 Å². The van der Waals surface area contributed by atoms with Crippen LogP contribution < -0.4 is 0 Å². The van der Waals surface area contributed by atoms with Crippen LogP contribution in [0.4, 0.5) is 4.39 Å². The molecule has 1 aromatic rings. The van der Waals surface area contributed by atoms with E-state index in [1.807, 2.05) is 12.1 Å². The molecule has 0 aliphatic rings. The molecule has 94 valence electrons. The Balaban J connectivity index is 2.33. The van der Waals surface area contributed by atoms with E-state index < -0.39 is 0 Å². The van der Waals surface area contributed by atoms with E-state index in [4.69, 9.17) is 0 Å². The molecule has 0 aromatic heterocycles. The first kappa shape index (κ1) is 13.7. The molecule has 0 saturated heterocycles. The summed E-state index contributed by atoms with van der Waals surface area (Å²) in [6, 6.07) is 7.45. The van der Waals surface area contributed by atoms with Gasteiger partial charge in [-0.05, 0) is 37.0 Å². The van der Waals surface area contributed by atoms with Crippen LogP contribution in [0.5, 0.6) is 0 Å². The average molecular weight is 238 g/mol. The Kier molecular flexibility index (Phi) is 6.30. The van der Waals surface area contributed by atoms with Crippen molar-refractivity contribution in [2.24, 2.45) is 0 Å². The highest BCUT2D eigenvalue weighted by atomic mass is 19.1. The number of hydrogen-bond acceptors (Lipinski definition) is 2. The summed E-state index contributed by atoms with van der Waals surface area (Å²) in [5.41, 5.74) is 1.78. The first-order valence-corrected chi connectivity index (χ1v) is 6.01. The number of benzene rings is 1. The molecular weight excluding hydrogens is 219 g/mol. The number of hydrogen-bond donors (Lipinski definition) is 0. The van der Waals surface area contributed by atoms with Gasteiger partial charge in [0.05, 0.1) is 19.3 Å². The maximum absolute atomic E-state index is 11.9. The highest BCUT2D eigenvalue weighted by Gasteiger charge is 2.03. The van der Waals surface area contributed by atoms with Crippen LogP contribution in [0.2, 0.25) is 0 Å². The molecule has 17 heavy (non-hydrogen) atoms. The summed E-state index contributed by atoms with van der Waals surface area (Å²) in [5, 5.41) is 0. The van der Waals surface area contributed by atoms with Gasteiger partial charge >= 0.3 is 5.97 Å². The Hall–Kier alpha value is -1.38. The second kappa shape index (κ2) is 7.82. The van der Waals surface area contributed by atoms with E-state index in [1.54, 1.807) is 12.1 Å². The molecule has 0 radical (unpaired) electrons. The minimum absolute atomic E-state index is 0.214. The van der Waals surface area contributed by atoms with Gasteiger partial charge in [-0.25, -0.2) is 4.79 Å². The monoisotopic (exact) mass is 238 g/mol. The number of carbonyl (C=O) groups is 1. The summed E-state index contributed by atoms with van der Waals surface area (Å²) in [6.45, 7) is -0.214. The standard InChI is InChI=1S/C14H19FO2/c1-17-14(16)13-9-7-12(8-10-13)6-4-2-3-5-11-15/h7-10H,2-6,11H2,1H3. The van der Waals surface area contributed by atoms with Crippen molar-refractivity contribution in [3.63, 3.8) is 0 Å². The number of aryl methyl sites for hydroxylation is 1. The van der Waals surface area contributed by atoms with Gasteiger partial charge < -0.3 is 4.74 Å². The lowest BCUT2D eigenvalue weighted by atomic mass is 10.0. The van der Waals surface area contributed by atoms with E-state index in [0.717, 1.165) is 25.7 Å². The maximum Gasteiger partial charge on any atom is 0.337 e. The van der Waals surface area contributed by atoms with E-state index in [0.29, 0.717) is 12.0 Å². The summed E-state index contributed by atoms with van der Waals surface area (Å²) in [5.74, 6) is -0.306. The fourth-order valence-electron chi connectivity index (χ4n) is 1.70. The topological polar surface area (TPSA) is 26.3 Å². The Morgan fingerprint density at radius 3 is 2.35 bits per heavy atom. The Labute approximate surface area is 102 Å². The quantitative estimate of drug-likeness (QED) is 0.536. The Bertz CT molecular complexity index is 333. The van der Waals surface area contributed by atoms with Crippen molar-refractivity contribution in [2.75, 3.05) is 13.8 Å². The zero-order valence-corrected chi connectivity index (χ0v) is 10.2. The smallest absolute Gasteiger partial charge is 0.337 e. The Morgan fingerprint density at radius 1 is 1.12 bits per heavy atom. The normalized spacial score (nSPS) is 10.2. The van der Waals surface area contributed by atoms with E-state index >= 15 is 0 Å². The van der Waals surface area contributed by atoms with Gasteiger partial charge in [-0.2, -0.15) is 0 Å². The van der Waals surface area contributed by atoms with E-state index in [-0.39, 0.29) is 12.6 Å². The third-order valence-electron chi connectivity index (χ3n) is 2.72. The van der Waals surface area contributed by atoms with Crippen LogP contribution in [0.15, 0.2) is 24.3 Å². The molecule has 0 fully saturated rings. The molecule has 0 aliphatic carbocycles. The number of carbonyl (C=O) groups excluding carboxylic acids is 1. The van der Waals surface area contributed by atoms with E-state index in [2.05, 4.69) is 4.74 Å². The van der Waals surface area contributed by atoms with Gasteiger partial charge in [0.15, 0.2) is 0 Å². The minimum atomic E-state index is -0.306. The summed E-state index contributed by atoms with van der Waals surface area (Å²) in [6.07, 6.45) is 4.73. The number of esters is 1. The number of alkyl halides is 1. The van der Waals surface area contributed by atoms with Gasteiger partial charge in [0, 0.05) is 0 Å². The van der Waals surface area contributed by atoms with Crippen molar-refractivity contribution >= 4 is 5.97 Å². The third kappa shape index (κ3) is 4.98. The zero-order chi connectivity index (χ0) is 12.5. The van der Waals surface area contributed by atoms with Crippen molar-refractivity contribution in [2.45, 2.75) is 32.1 Å². The molecule has 2 nitrogen and oxygen atoms in total. The number of rotatable bonds is 7. The van der Waals surface area contributed by atoms with Gasteiger partial charge in [-0.15, -0.1) is 0 Å². The van der Waals surface area contributed by atoms with Crippen LogP contribution in [0.3, 0.4) is 0 Å². The number of ether oxygens (including phenoxy) is 1. The molecule has 0 atom stereocenters. The number of methoxy groups -OCH3 is 1. The first-order valence-electron chi connectivity index (χ1n) is 6.01. The second-order valence-electron chi connectivity index (χ2n) is 4.04. The third-order valence-corrected chi connectivity index (χ3v) is 2.72. The molecule has 0 saturated carbocycles. The molecule has 0 aliphatic heterocycles. The molecule has 3 heteroatoms. The van der Waals surface area contributed by atoms with Crippen molar-refractivity contribution in [1.29, 1.82) is 0 Å². The van der Waals surface area contributed by atoms with Crippen LogP contribution in [-0.2, 0) is 11.2 Å². The van der Waals surface area contributed by atoms with Crippen molar-refractivity contribution in [3.05, 3.63) is 35.4 Å². The molecule has 0 bridgehead atoms. The lowest BCUT2D eigenvalue weighted by molar-refractivity contribution is 0.0600. The SMILES string of the molecule is COC(=O)c1ccc(CCCCCCF)cc1. The molecule has 0 amide bonds. The van der Waals surface area contributed by atoms with Crippen molar-refractivity contribution in [1.82, 2.24) is 0 Å². The highest BCUT2D eigenvalue weighted by Crippen LogP contribution is 2.10. The number of unbranched alkanes of at least 4 members (excludes halogenated alkanes) is 3. The van der Waals surface area contributed by atoms with E-state index in [1.165, 1.54) is 12.7 Å². The van der Waals surface area contributed by atoms with Crippen LogP contribution >= 0.6 is 0 Å². The molecule has 0 N–H and O–H groups in total. The van der Waals surface area contributed by atoms with Gasteiger partial charge in [0.2, 0.25) is 0 Å². The first-order chi connectivity index (χ1) is 8.27. The molecule has 1 rings (SSSR count). The molecular formula is C14H19FO2. The van der Waals surface area contributed by atoms with Gasteiger partial charge in [-0.3, -0.25) is 4.39 Å². The summed E-state index contributed by atoms with van der Waals surface area (Å²) in [7, 11) is 1.38. The van der Waals surface area contributed by atoms with E-state index in [9.17, 15) is 9.18 Å². The summed E-state index contributed by atoms with van der Waals surface area (Å²) < 4.78 is 16.5.